The van der Waals surface area contributed by atoms with Crippen LogP contribution < -0.4 is 0 Å². The van der Waals surface area contributed by atoms with Crippen LogP contribution in [0.5, 0.6) is 0 Å². The Hall–Kier alpha value is 0.280. The van der Waals surface area contributed by atoms with Gasteiger partial charge in [0.1, 0.15) is 0 Å². The van der Waals surface area contributed by atoms with Crippen LogP contribution in [0.25, 0.3) is 0 Å². The molecule has 1 heterocycles. The van der Waals surface area contributed by atoms with E-state index in [4.69, 9.17) is 0 Å². The molecule has 7 heavy (non-hydrogen) atoms. The van der Waals surface area contributed by atoms with E-state index in [9.17, 15) is 4.20 Å². The third-order valence-electron chi connectivity index (χ3n) is 0.674. The molecular formula is C3H6FO2P. The van der Waals surface area contributed by atoms with Crippen LogP contribution in [0, 0.1) is 0 Å². The molecule has 0 aromatic carbocycles. The van der Waals surface area contributed by atoms with Crippen molar-refractivity contribution in [2.24, 2.45) is 0 Å². The normalized spacial score (nSPS) is 25.3. The SMILES string of the molecule is FP1OCCCO1. The van der Waals surface area contributed by atoms with Crippen LogP contribution >= 0.6 is 8.69 Å². The Balaban J connectivity index is 2.12. The van der Waals surface area contributed by atoms with Gasteiger partial charge in [0, 0.05) is 0 Å². The third-order valence-corrected chi connectivity index (χ3v) is 1.45. The summed E-state index contributed by atoms with van der Waals surface area (Å²) in [5.41, 5.74) is 0. The van der Waals surface area contributed by atoms with Crippen molar-refractivity contribution in [2.75, 3.05) is 13.2 Å². The molecule has 0 aromatic rings. The van der Waals surface area contributed by atoms with Crippen LogP contribution in [0.3, 0.4) is 0 Å². The average Bonchev–Trinajstić information content (AvgIpc) is 1.69. The minimum atomic E-state index is -1.99. The van der Waals surface area contributed by atoms with Crippen LogP contribution in [-0.4, -0.2) is 13.2 Å². The molecule has 0 unspecified atom stereocenters. The maximum Gasteiger partial charge on any atom is 0.374 e. The molecule has 1 aliphatic heterocycles. The van der Waals surface area contributed by atoms with Crippen molar-refractivity contribution >= 4 is 8.69 Å². The summed E-state index contributed by atoms with van der Waals surface area (Å²) in [6.45, 7) is 1.03. The Morgan fingerprint density at radius 1 is 1.29 bits per heavy atom. The van der Waals surface area contributed by atoms with Gasteiger partial charge in [-0.3, -0.25) is 0 Å². The van der Waals surface area contributed by atoms with E-state index < -0.39 is 8.69 Å². The first-order valence-electron chi connectivity index (χ1n) is 2.11. The molecule has 2 nitrogen and oxygen atoms in total. The highest BCUT2D eigenvalue weighted by Gasteiger charge is 2.12. The van der Waals surface area contributed by atoms with Gasteiger partial charge in [-0.15, -0.1) is 0 Å². The van der Waals surface area contributed by atoms with Gasteiger partial charge in [-0.25, -0.2) is 0 Å². The maximum atomic E-state index is 11.8. The van der Waals surface area contributed by atoms with Crippen molar-refractivity contribution in [2.45, 2.75) is 6.42 Å². The molecule has 0 aromatic heterocycles. The lowest BCUT2D eigenvalue weighted by Gasteiger charge is -2.12. The largest absolute Gasteiger partial charge is 0.374 e. The van der Waals surface area contributed by atoms with E-state index in [1.165, 1.54) is 0 Å². The first kappa shape index (κ1) is 5.42. The van der Waals surface area contributed by atoms with Crippen molar-refractivity contribution < 1.29 is 13.2 Å². The highest BCUT2D eigenvalue weighted by molar-refractivity contribution is 7.41. The van der Waals surface area contributed by atoms with Crippen LogP contribution in [0.2, 0.25) is 0 Å². The molecule has 1 saturated heterocycles. The predicted molar refractivity (Wildman–Crippen MR) is 24.5 cm³/mol. The quantitative estimate of drug-likeness (QED) is 0.457. The van der Waals surface area contributed by atoms with Gasteiger partial charge in [-0.2, -0.15) is 4.20 Å². The number of hydrogen-bond donors (Lipinski definition) is 0. The van der Waals surface area contributed by atoms with E-state index in [1.807, 2.05) is 0 Å². The Labute approximate surface area is 42.7 Å². The average molecular weight is 124 g/mol. The molecular weight excluding hydrogens is 118 g/mol. The fraction of sp³-hybridized carbons (Fsp3) is 1.00. The van der Waals surface area contributed by atoms with E-state index in [0.717, 1.165) is 6.42 Å². The molecule has 0 spiro atoms. The number of halogens is 1. The summed E-state index contributed by atoms with van der Waals surface area (Å²) < 4.78 is 20.7. The molecule has 0 saturated carbocycles. The van der Waals surface area contributed by atoms with Gasteiger partial charge >= 0.3 is 8.69 Å². The zero-order chi connectivity index (χ0) is 5.11. The standard InChI is InChI=1S/C3H6FO2P/c4-7-5-2-1-3-6-7/h1-3H2. The highest BCUT2D eigenvalue weighted by atomic mass is 31.2. The second kappa shape index (κ2) is 2.55. The molecule has 1 aliphatic rings. The van der Waals surface area contributed by atoms with Crippen molar-refractivity contribution in [1.29, 1.82) is 0 Å². The minimum Gasteiger partial charge on any atom is -0.309 e. The van der Waals surface area contributed by atoms with Gasteiger partial charge in [0.2, 0.25) is 0 Å². The summed E-state index contributed by atoms with van der Waals surface area (Å²) in [4.78, 5) is 0. The van der Waals surface area contributed by atoms with Gasteiger partial charge in [0.05, 0.1) is 13.2 Å². The summed E-state index contributed by atoms with van der Waals surface area (Å²) >= 11 is 0. The lowest BCUT2D eigenvalue weighted by atomic mass is 10.5. The fourth-order valence-electron chi connectivity index (χ4n) is 0.369. The first-order valence-corrected chi connectivity index (χ1v) is 3.18. The van der Waals surface area contributed by atoms with Crippen LogP contribution in [0.1, 0.15) is 6.42 Å². The van der Waals surface area contributed by atoms with Gasteiger partial charge in [0.25, 0.3) is 0 Å². The van der Waals surface area contributed by atoms with Gasteiger partial charge in [0.15, 0.2) is 0 Å². The van der Waals surface area contributed by atoms with Crippen LogP contribution in [-0.2, 0) is 9.05 Å². The summed E-state index contributed by atoms with van der Waals surface area (Å²) in [6, 6.07) is 0. The summed E-state index contributed by atoms with van der Waals surface area (Å²) in [7, 11) is -1.99. The molecule has 1 rings (SSSR count). The molecule has 1 fully saturated rings. The van der Waals surface area contributed by atoms with E-state index in [2.05, 4.69) is 9.05 Å². The molecule has 0 aliphatic carbocycles. The Morgan fingerprint density at radius 3 is 2.14 bits per heavy atom. The number of hydrogen-bond acceptors (Lipinski definition) is 2. The van der Waals surface area contributed by atoms with Crippen molar-refractivity contribution in [1.82, 2.24) is 0 Å². The maximum absolute atomic E-state index is 11.8. The monoisotopic (exact) mass is 124 g/mol. The lowest BCUT2D eigenvalue weighted by Crippen LogP contribution is -2.01. The van der Waals surface area contributed by atoms with Crippen LogP contribution in [0.4, 0.5) is 4.20 Å². The molecule has 0 bridgehead atoms. The Morgan fingerprint density at radius 2 is 1.86 bits per heavy atom. The van der Waals surface area contributed by atoms with Crippen molar-refractivity contribution in [3.63, 3.8) is 0 Å². The zero-order valence-corrected chi connectivity index (χ0v) is 4.66. The first-order chi connectivity index (χ1) is 3.39. The van der Waals surface area contributed by atoms with Gasteiger partial charge < -0.3 is 9.05 Å². The molecule has 4 heteroatoms. The van der Waals surface area contributed by atoms with Gasteiger partial charge in [-0.1, -0.05) is 0 Å². The van der Waals surface area contributed by atoms with Crippen LogP contribution in [0.15, 0.2) is 0 Å². The summed E-state index contributed by atoms with van der Waals surface area (Å²) in [5.74, 6) is 0. The fourth-order valence-corrected chi connectivity index (χ4v) is 0.989. The van der Waals surface area contributed by atoms with Crippen molar-refractivity contribution in [3.05, 3.63) is 0 Å². The number of rotatable bonds is 0. The molecule has 0 N–H and O–H groups in total. The molecule has 0 atom stereocenters. The topological polar surface area (TPSA) is 18.5 Å². The lowest BCUT2D eigenvalue weighted by molar-refractivity contribution is 0.161. The minimum absolute atomic E-state index is 0.516. The third kappa shape index (κ3) is 1.68. The smallest absolute Gasteiger partial charge is 0.309 e. The van der Waals surface area contributed by atoms with Crippen molar-refractivity contribution in [3.8, 4) is 0 Å². The predicted octanol–water partition coefficient (Wildman–Crippen LogP) is 1.62. The Kier molecular flexibility index (Phi) is 1.98. The van der Waals surface area contributed by atoms with E-state index >= 15 is 0 Å². The molecule has 0 amide bonds. The second-order valence-electron chi connectivity index (χ2n) is 1.23. The van der Waals surface area contributed by atoms with E-state index in [-0.39, 0.29) is 0 Å². The van der Waals surface area contributed by atoms with Gasteiger partial charge in [-0.05, 0) is 6.42 Å². The Bertz CT molecular complexity index is 54.9. The second-order valence-corrected chi connectivity index (χ2v) is 2.17. The molecule has 42 valence electrons. The summed E-state index contributed by atoms with van der Waals surface area (Å²) in [6.07, 6.45) is 0.822. The van der Waals surface area contributed by atoms with E-state index in [1.54, 1.807) is 0 Å². The summed E-state index contributed by atoms with van der Waals surface area (Å²) in [5, 5.41) is 0. The zero-order valence-electron chi connectivity index (χ0n) is 3.76. The highest BCUT2D eigenvalue weighted by Crippen LogP contribution is 2.42. The molecule has 0 radical (unpaired) electrons. The van der Waals surface area contributed by atoms with E-state index in [0.29, 0.717) is 13.2 Å².